The topological polar surface area (TPSA) is 113 Å². The van der Waals surface area contributed by atoms with Gasteiger partial charge in [0, 0.05) is 31.8 Å². The van der Waals surface area contributed by atoms with Gasteiger partial charge in [0.1, 0.15) is 0 Å². The zero-order valence-electron chi connectivity index (χ0n) is 10.4. The molecule has 8 nitrogen and oxygen atoms in total. The van der Waals surface area contributed by atoms with Crippen molar-refractivity contribution in [1.29, 1.82) is 0 Å². The second kappa shape index (κ2) is 5.51. The first-order chi connectivity index (χ1) is 9.03. The Hall–Kier alpha value is -1.71. The van der Waals surface area contributed by atoms with Crippen LogP contribution >= 0.6 is 0 Å². The van der Waals surface area contributed by atoms with Crippen LogP contribution in [0.15, 0.2) is 23.5 Å². The normalized spacial score (nSPS) is 11.9. The van der Waals surface area contributed by atoms with Crippen LogP contribution in [0, 0.1) is 0 Å². The van der Waals surface area contributed by atoms with Crippen molar-refractivity contribution < 1.29 is 13.5 Å². The number of nitrogens with one attached hydrogen (secondary N) is 2. The van der Waals surface area contributed by atoms with Gasteiger partial charge in [-0.05, 0) is 6.07 Å². The third-order valence-electron chi connectivity index (χ3n) is 2.56. The summed E-state index contributed by atoms with van der Waals surface area (Å²) in [6.07, 6.45) is 3.57. The molecular formula is C10H15N5O3S. The molecule has 0 spiro atoms. The minimum Gasteiger partial charge on any atom is -0.392 e. The van der Waals surface area contributed by atoms with E-state index in [0.717, 1.165) is 5.69 Å². The van der Waals surface area contributed by atoms with Crippen LogP contribution in [0.25, 0.3) is 0 Å². The highest BCUT2D eigenvalue weighted by atomic mass is 32.2. The standard InChI is InChI=1S/C10H15N5O3S/c1-15-5-3-9(14-15)2-4-12-19(17,18)10-8(7-16)6-11-13-10/h3,5-6,12,16H,2,4,7H2,1H3,(H,11,13). The fraction of sp³-hybridized carbons (Fsp3) is 0.400. The molecule has 0 unspecified atom stereocenters. The van der Waals surface area contributed by atoms with Crippen molar-refractivity contribution in [3.8, 4) is 0 Å². The number of hydrogen-bond acceptors (Lipinski definition) is 5. The third kappa shape index (κ3) is 3.19. The molecule has 0 bridgehead atoms. The van der Waals surface area contributed by atoms with Gasteiger partial charge in [-0.2, -0.15) is 10.2 Å². The minimum atomic E-state index is -3.69. The van der Waals surface area contributed by atoms with Crippen LogP contribution in [-0.2, 0) is 30.1 Å². The first-order valence-electron chi connectivity index (χ1n) is 5.64. The Morgan fingerprint density at radius 2 is 2.32 bits per heavy atom. The van der Waals surface area contributed by atoms with Gasteiger partial charge in [0.2, 0.25) is 0 Å². The first-order valence-corrected chi connectivity index (χ1v) is 7.12. The van der Waals surface area contributed by atoms with Gasteiger partial charge in [0.15, 0.2) is 5.03 Å². The largest absolute Gasteiger partial charge is 0.392 e. The van der Waals surface area contributed by atoms with E-state index >= 15 is 0 Å². The fourth-order valence-corrected chi connectivity index (χ4v) is 2.78. The lowest BCUT2D eigenvalue weighted by atomic mass is 10.3. The molecule has 2 heterocycles. The van der Waals surface area contributed by atoms with Gasteiger partial charge >= 0.3 is 0 Å². The summed E-state index contributed by atoms with van der Waals surface area (Å²) < 4.78 is 28.0. The number of aliphatic hydroxyl groups excluding tert-OH is 1. The highest BCUT2D eigenvalue weighted by Crippen LogP contribution is 2.11. The van der Waals surface area contributed by atoms with E-state index in [4.69, 9.17) is 5.11 Å². The van der Waals surface area contributed by atoms with Gasteiger partial charge in [-0.3, -0.25) is 9.78 Å². The number of nitrogens with zero attached hydrogens (tertiary/aromatic N) is 3. The summed E-state index contributed by atoms with van der Waals surface area (Å²) in [6.45, 7) is -0.157. The van der Waals surface area contributed by atoms with Crippen molar-refractivity contribution in [2.45, 2.75) is 18.1 Å². The number of H-pyrrole nitrogens is 1. The molecule has 0 aromatic carbocycles. The highest BCUT2D eigenvalue weighted by molar-refractivity contribution is 7.89. The molecule has 3 N–H and O–H groups in total. The number of rotatable bonds is 6. The van der Waals surface area contributed by atoms with E-state index in [1.54, 1.807) is 17.9 Å². The predicted octanol–water partition coefficient (Wildman–Crippen LogP) is -0.843. The Kier molecular flexibility index (Phi) is 3.98. The molecule has 9 heteroatoms. The second-order valence-electron chi connectivity index (χ2n) is 4.01. The molecule has 2 aromatic rings. The fourth-order valence-electron chi connectivity index (χ4n) is 1.63. The lowest BCUT2D eigenvalue weighted by Gasteiger charge is -2.05. The van der Waals surface area contributed by atoms with Gasteiger partial charge in [-0.15, -0.1) is 0 Å². The number of aryl methyl sites for hydroxylation is 1. The van der Waals surface area contributed by atoms with E-state index in [9.17, 15) is 8.42 Å². The van der Waals surface area contributed by atoms with E-state index in [-0.39, 0.29) is 23.7 Å². The summed E-state index contributed by atoms with van der Waals surface area (Å²) in [4.78, 5) is 0. The number of aromatic nitrogens is 4. The quantitative estimate of drug-likeness (QED) is 0.640. The van der Waals surface area contributed by atoms with Crippen molar-refractivity contribution in [3.63, 3.8) is 0 Å². The number of sulfonamides is 1. The Balaban J connectivity index is 1.98. The SMILES string of the molecule is Cn1ccc(CCNS(=O)(=O)c2[nH]ncc2CO)n1. The molecular weight excluding hydrogens is 270 g/mol. The molecule has 0 aliphatic heterocycles. The van der Waals surface area contributed by atoms with Crippen molar-refractivity contribution in [3.05, 3.63) is 29.7 Å². The van der Waals surface area contributed by atoms with Crippen LogP contribution in [0.1, 0.15) is 11.3 Å². The average molecular weight is 285 g/mol. The van der Waals surface area contributed by atoms with E-state index in [2.05, 4.69) is 20.0 Å². The van der Waals surface area contributed by atoms with Gasteiger partial charge in [0.05, 0.1) is 18.5 Å². The van der Waals surface area contributed by atoms with Gasteiger partial charge < -0.3 is 5.11 Å². The van der Waals surface area contributed by atoms with Crippen molar-refractivity contribution in [2.24, 2.45) is 7.05 Å². The molecule has 0 aliphatic carbocycles. The van der Waals surface area contributed by atoms with Crippen molar-refractivity contribution in [2.75, 3.05) is 6.54 Å². The predicted molar refractivity (Wildman–Crippen MR) is 66.6 cm³/mol. The van der Waals surface area contributed by atoms with Gasteiger partial charge in [-0.25, -0.2) is 13.1 Å². The molecule has 19 heavy (non-hydrogen) atoms. The van der Waals surface area contributed by atoms with Crippen LogP contribution in [0.5, 0.6) is 0 Å². The Morgan fingerprint density at radius 3 is 2.95 bits per heavy atom. The summed E-state index contributed by atoms with van der Waals surface area (Å²) in [7, 11) is -1.89. The van der Waals surface area contributed by atoms with E-state index in [1.165, 1.54) is 6.20 Å². The summed E-state index contributed by atoms with van der Waals surface area (Å²) in [5, 5.41) is 19.0. The van der Waals surface area contributed by atoms with Crippen LogP contribution < -0.4 is 4.72 Å². The number of hydrogen-bond donors (Lipinski definition) is 3. The minimum absolute atomic E-state index is 0.101. The summed E-state index contributed by atoms with van der Waals surface area (Å²) >= 11 is 0. The molecule has 0 atom stereocenters. The third-order valence-corrected chi connectivity index (χ3v) is 4.03. The van der Waals surface area contributed by atoms with E-state index in [1.807, 2.05) is 6.07 Å². The van der Waals surface area contributed by atoms with E-state index < -0.39 is 10.0 Å². The zero-order valence-corrected chi connectivity index (χ0v) is 11.2. The molecule has 0 amide bonds. The number of aliphatic hydroxyl groups is 1. The summed E-state index contributed by atoms with van der Waals surface area (Å²) in [6, 6.07) is 1.82. The molecule has 2 aromatic heterocycles. The lowest BCUT2D eigenvalue weighted by Crippen LogP contribution is -2.27. The molecule has 0 aliphatic rings. The molecule has 0 fully saturated rings. The summed E-state index contributed by atoms with van der Waals surface area (Å²) in [5.41, 5.74) is 1.04. The van der Waals surface area contributed by atoms with Crippen LogP contribution in [-0.4, -0.2) is 40.0 Å². The molecule has 104 valence electrons. The zero-order chi connectivity index (χ0) is 13.9. The average Bonchev–Trinajstić information content (AvgIpc) is 2.97. The smallest absolute Gasteiger partial charge is 0.257 e. The van der Waals surface area contributed by atoms with Crippen LogP contribution in [0.3, 0.4) is 0 Å². The summed E-state index contributed by atoms with van der Waals surface area (Å²) in [5.74, 6) is 0. The van der Waals surface area contributed by atoms with Gasteiger partial charge in [0.25, 0.3) is 10.0 Å². The maximum atomic E-state index is 11.9. The van der Waals surface area contributed by atoms with Crippen molar-refractivity contribution in [1.82, 2.24) is 24.7 Å². The first kappa shape index (κ1) is 13.7. The Morgan fingerprint density at radius 1 is 1.53 bits per heavy atom. The van der Waals surface area contributed by atoms with Gasteiger partial charge in [-0.1, -0.05) is 0 Å². The second-order valence-corrected chi connectivity index (χ2v) is 5.71. The van der Waals surface area contributed by atoms with Crippen molar-refractivity contribution >= 4 is 10.0 Å². The maximum absolute atomic E-state index is 11.9. The van der Waals surface area contributed by atoms with E-state index in [0.29, 0.717) is 6.42 Å². The highest BCUT2D eigenvalue weighted by Gasteiger charge is 2.19. The molecule has 2 rings (SSSR count). The molecule has 0 saturated heterocycles. The molecule has 0 saturated carbocycles. The van der Waals surface area contributed by atoms with Crippen LogP contribution in [0.4, 0.5) is 0 Å². The monoisotopic (exact) mass is 285 g/mol. The lowest BCUT2D eigenvalue weighted by molar-refractivity contribution is 0.278. The molecule has 0 radical (unpaired) electrons. The number of aromatic amines is 1. The Bertz CT molecular complexity index is 646. The Labute approximate surface area is 110 Å². The maximum Gasteiger partial charge on any atom is 0.257 e. The van der Waals surface area contributed by atoms with Crippen LogP contribution in [0.2, 0.25) is 0 Å².